The van der Waals surface area contributed by atoms with Gasteiger partial charge in [-0.05, 0) is 24.3 Å². The number of fused-ring (bicyclic) bond motifs is 1. The monoisotopic (exact) mass is 352 g/mol. The maximum atomic E-state index is 12.0. The van der Waals surface area contributed by atoms with Gasteiger partial charge >= 0.3 is 11.8 Å². The Morgan fingerprint density at radius 3 is 2.75 bits per heavy atom. The fourth-order valence-corrected chi connectivity index (χ4v) is 3.99. The molecule has 1 aromatic carbocycles. The number of nitrogens with one attached hydrogen (secondary N) is 2. The van der Waals surface area contributed by atoms with Crippen LogP contribution in [0.4, 0.5) is 5.69 Å². The molecule has 0 radical (unpaired) electrons. The largest absolute Gasteiger partial charge is 0.486 e. The van der Waals surface area contributed by atoms with Crippen molar-refractivity contribution in [2.75, 3.05) is 43.7 Å². The van der Waals surface area contributed by atoms with Crippen molar-refractivity contribution in [2.24, 2.45) is 0 Å². The highest BCUT2D eigenvalue weighted by molar-refractivity contribution is 7.99. The van der Waals surface area contributed by atoms with E-state index in [2.05, 4.69) is 10.6 Å². The lowest BCUT2D eigenvalue weighted by Gasteiger charge is -2.26. The van der Waals surface area contributed by atoms with Crippen molar-refractivity contribution < 1.29 is 23.8 Å². The van der Waals surface area contributed by atoms with Crippen LogP contribution in [0.3, 0.4) is 0 Å². The van der Waals surface area contributed by atoms with E-state index in [4.69, 9.17) is 14.2 Å². The summed E-state index contributed by atoms with van der Waals surface area (Å²) in [6, 6.07) is 5.02. The lowest BCUT2D eigenvalue weighted by atomic mass is 10.0. The van der Waals surface area contributed by atoms with Crippen molar-refractivity contribution in [3.8, 4) is 11.5 Å². The van der Waals surface area contributed by atoms with E-state index in [9.17, 15) is 9.59 Å². The Balaban J connectivity index is 1.55. The molecule has 0 aliphatic carbocycles. The molecule has 2 heterocycles. The van der Waals surface area contributed by atoms with Crippen LogP contribution in [0.15, 0.2) is 18.2 Å². The van der Waals surface area contributed by atoms with Gasteiger partial charge in [-0.15, -0.1) is 0 Å². The molecule has 130 valence electrons. The van der Waals surface area contributed by atoms with E-state index in [0.717, 1.165) is 17.9 Å². The van der Waals surface area contributed by atoms with Gasteiger partial charge in [-0.2, -0.15) is 11.8 Å². The molecule has 8 heteroatoms. The first-order chi connectivity index (χ1) is 11.6. The molecule has 0 aromatic heterocycles. The van der Waals surface area contributed by atoms with Gasteiger partial charge in [0.15, 0.2) is 11.5 Å². The van der Waals surface area contributed by atoms with Crippen LogP contribution in [-0.2, 0) is 14.3 Å². The van der Waals surface area contributed by atoms with E-state index >= 15 is 0 Å². The summed E-state index contributed by atoms with van der Waals surface area (Å²) in [4.78, 5) is 24.0. The molecule has 2 amide bonds. The molecule has 3 rings (SSSR count). The minimum Gasteiger partial charge on any atom is -0.486 e. The summed E-state index contributed by atoms with van der Waals surface area (Å²) in [5.41, 5.74) is 0.106. The SMILES string of the molecule is COC1(CNC(=O)C(=O)Nc2ccc3c(c2)OCCO3)CCSC1. The summed E-state index contributed by atoms with van der Waals surface area (Å²) >= 11 is 1.78. The molecule has 1 unspecified atom stereocenters. The molecule has 7 nitrogen and oxygen atoms in total. The van der Waals surface area contributed by atoms with Crippen molar-refractivity contribution >= 4 is 29.3 Å². The number of methoxy groups -OCH3 is 1. The predicted octanol–water partition coefficient (Wildman–Crippen LogP) is 1.03. The average Bonchev–Trinajstić information content (AvgIpc) is 3.09. The highest BCUT2D eigenvalue weighted by Gasteiger charge is 2.35. The van der Waals surface area contributed by atoms with E-state index in [-0.39, 0.29) is 5.60 Å². The lowest BCUT2D eigenvalue weighted by Crippen LogP contribution is -2.47. The first-order valence-corrected chi connectivity index (χ1v) is 8.89. The quantitative estimate of drug-likeness (QED) is 0.788. The van der Waals surface area contributed by atoms with Crippen molar-refractivity contribution in [1.29, 1.82) is 0 Å². The zero-order chi connectivity index (χ0) is 17.0. The topological polar surface area (TPSA) is 85.9 Å². The van der Waals surface area contributed by atoms with Gasteiger partial charge in [0.25, 0.3) is 0 Å². The first kappa shape index (κ1) is 16.9. The fourth-order valence-electron chi connectivity index (χ4n) is 2.59. The zero-order valence-electron chi connectivity index (χ0n) is 13.4. The predicted molar refractivity (Wildman–Crippen MR) is 90.8 cm³/mol. The van der Waals surface area contributed by atoms with Gasteiger partial charge in [-0.1, -0.05) is 0 Å². The van der Waals surface area contributed by atoms with Crippen LogP contribution >= 0.6 is 11.8 Å². The van der Waals surface area contributed by atoms with Crippen LogP contribution in [0.2, 0.25) is 0 Å². The summed E-state index contributed by atoms with van der Waals surface area (Å²) in [7, 11) is 1.63. The number of rotatable bonds is 4. The molecule has 0 spiro atoms. The Morgan fingerprint density at radius 2 is 2.04 bits per heavy atom. The van der Waals surface area contributed by atoms with E-state index < -0.39 is 11.8 Å². The third-order valence-electron chi connectivity index (χ3n) is 4.08. The summed E-state index contributed by atoms with van der Waals surface area (Å²) < 4.78 is 16.4. The molecule has 2 N–H and O–H groups in total. The van der Waals surface area contributed by atoms with E-state index in [1.165, 1.54) is 0 Å². The third-order valence-corrected chi connectivity index (χ3v) is 5.30. The number of thioether (sulfide) groups is 1. The molecule has 2 aliphatic rings. The van der Waals surface area contributed by atoms with E-state index in [0.29, 0.717) is 36.9 Å². The molecular weight excluding hydrogens is 332 g/mol. The molecule has 24 heavy (non-hydrogen) atoms. The van der Waals surface area contributed by atoms with Crippen molar-refractivity contribution in [1.82, 2.24) is 5.32 Å². The van der Waals surface area contributed by atoms with Crippen molar-refractivity contribution in [3.63, 3.8) is 0 Å². The minimum atomic E-state index is -0.719. The van der Waals surface area contributed by atoms with Gasteiger partial charge < -0.3 is 24.8 Å². The molecule has 1 saturated heterocycles. The highest BCUT2D eigenvalue weighted by atomic mass is 32.2. The molecule has 1 atom stereocenters. The maximum absolute atomic E-state index is 12.0. The number of hydrogen-bond acceptors (Lipinski definition) is 6. The van der Waals surface area contributed by atoms with E-state index in [1.807, 2.05) is 0 Å². The fraction of sp³-hybridized carbons (Fsp3) is 0.500. The van der Waals surface area contributed by atoms with Crippen molar-refractivity contribution in [3.05, 3.63) is 18.2 Å². The van der Waals surface area contributed by atoms with Crippen LogP contribution in [0.1, 0.15) is 6.42 Å². The Hall–Kier alpha value is -1.93. The van der Waals surface area contributed by atoms with Gasteiger partial charge in [-0.3, -0.25) is 9.59 Å². The van der Waals surface area contributed by atoms with Gasteiger partial charge in [-0.25, -0.2) is 0 Å². The second-order valence-corrected chi connectivity index (χ2v) is 6.79. The normalized spacial score (nSPS) is 22.0. The molecular formula is C16H20N2O5S. The summed E-state index contributed by atoms with van der Waals surface area (Å²) in [5, 5.41) is 5.22. The summed E-state index contributed by atoms with van der Waals surface area (Å²) in [5.74, 6) is 1.59. The Kier molecular flexibility index (Phi) is 5.15. The van der Waals surface area contributed by atoms with Crippen molar-refractivity contribution in [2.45, 2.75) is 12.0 Å². The second-order valence-electron chi connectivity index (χ2n) is 5.68. The summed E-state index contributed by atoms with van der Waals surface area (Å²) in [6.07, 6.45) is 0.859. The van der Waals surface area contributed by atoms with Gasteiger partial charge in [0.2, 0.25) is 0 Å². The van der Waals surface area contributed by atoms with Gasteiger partial charge in [0.05, 0.1) is 5.60 Å². The highest BCUT2D eigenvalue weighted by Crippen LogP contribution is 2.32. The average molecular weight is 352 g/mol. The minimum absolute atomic E-state index is 0.323. The first-order valence-electron chi connectivity index (χ1n) is 7.74. The number of carbonyl (C=O) groups excluding carboxylic acids is 2. The van der Waals surface area contributed by atoms with Crippen LogP contribution < -0.4 is 20.1 Å². The Bertz CT molecular complexity index is 631. The molecule has 1 fully saturated rings. The molecule has 0 bridgehead atoms. The van der Waals surface area contributed by atoms with Crippen LogP contribution in [0, 0.1) is 0 Å². The standard InChI is InChI=1S/C16H20N2O5S/c1-21-16(4-7-24-10-16)9-17-14(19)15(20)18-11-2-3-12-13(8-11)23-6-5-22-12/h2-3,8H,4-7,9-10H2,1H3,(H,17,19)(H,18,20). The smallest absolute Gasteiger partial charge is 0.313 e. The Morgan fingerprint density at radius 1 is 1.25 bits per heavy atom. The van der Waals surface area contributed by atoms with Crippen LogP contribution in [0.5, 0.6) is 11.5 Å². The number of benzene rings is 1. The summed E-state index contributed by atoms with van der Waals surface area (Å²) in [6.45, 7) is 1.28. The number of carbonyl (C=O) groups is 2. The van der Waals surface area contributed by atoms with Crippen LogP contribution in [-0.4, -0.2) is 55.8 Å². The van der Waals surface area contributed by atoms with Crippen LogP contribution in [0.25, 0.3) is 0 Å². The number of anilines is 1. The lowest BCUT2D eigenvalue weighted by molar-refractivity contribution is -0.136. The molecule has 1 aromatic rings. The maximum Gasteiger partial charge on any atom is 0.313 e. The Labute approximate surface area is 144 Å². The van der Waals surface area contributed by atoms with Gasteiger partial charge in [0.1, 0.15) is 13.2 Å². The second kappa shape index (κ2) is 7.31. The number of ether oxygens (including phenoxy) is 3. The van der Waals surface area contributed by atoms with Gasteiger partial charge in [0, 0.05) is 31.2 Å². The molecule has 0 saturated carbocycles. The number of hydrogen-bond donors (Lipinski definition) is 2. The zero-order valence-corrected chi connectivity index (χ0v) is 14.2. The molecule has 2 aliphatic heterocycles. The van der Waals surface area contributed by atoms with E-state index in [1.54, 1.807) is 37.1 Å². The third kappa shape index (κ3) is 3.76. The number of amides is 2.